The lowest BCUT2D eigenvalue weighted by atomic mass is 9.83. The van der Waals surface area contributed by atoms with Crippen LogP contribution in [0.25, 0.3) is 22.9 Å². The fourth-order valence-corrected chi connectivity index (χ4v) is 7.65. The molecule has 1 N–H and O–H groups in total. The molecule has 4 aromatic rings. The number of benzene rings is 4. The summed E-state index contributed by atoms with van der Waals surface area (Å²) in [5.74, 6) is 0.0581. The van der Waals surface area contributed by atoms with Crippen LogP contribution in [0.1, 0.15) is 51.9 Å². The number of aromatic carboxylic acids is 1. The van der Waals surface area contributed by atoms with E-state index >= 15 is 0 Å². The molecule has 7 rings (SSSR count). The average molecular weight is 611 g/mol. The van der Waals surface area contributed by atoms with Crippen LogP contribution in [0.2, 0.25) is 20.1 Å². The van der Waals surface area contributed by atoms with Crippen molar-refractivity contribution in [3.63, 3.8) is 0 Å². The number of fused-ring (bicyclic) bond motifs is 5. The van der Waals surface area contributed by atoms with Gasteiger partial charge in [0.1, 0.15) is 11.5 Å². The fourth-order valence-electron chi connectivity index (χ4n) is 6.62. The number of hydrogen-bond acceptors (Lipinski definition) is 3. The predicted molar refractivity (Wildman–Crippen MR) is 164 cm³/mol. The zero-order valence-corrected chi connectivity index (χ0v) is 24.4. The summed E-state index contributed by atoms with van der Waals surface area (Å²) in [5, 5.41) is 13.6. The fraction of sp³-hybridized carbons (Fsp3) is 0.219. The molecular weight excluding hydrogens is 588 g/mol. The van der Waals surface area contributed by atoms with Gasteiger partial charge < -0.3 is 14.7 Å². The Hall–Kier alpha value is -2.89. The van der Waals surface area contributed by atoms with E-state index in [2.05, 4.69) is 17.5 Å². The molecule has 0 saturated heterocycles. The molecule has 0 aliphatic carbocycles. The van der Waals surface area contributed by atoms with Crippen LogP contribution in [-0.4, -0.2) is 24.2 Å². The lowest BCUT2D eigenvalue weighted by Gasteiger charge is -2.35. The number of hydrogen-bond donors (Lipinski definition) is 1. The predicted octanol–water partition coefficient (Wildman–Crippen LogP) is 8.00. The Morgan fingerprint density at radius 2 is 1.62 bits per heavy atom. The van der Waals surface area contributed by atoms with Crippen molar-refractivity contribution >= 4 is 81.0 Å². The second kappa shape index (κ2) is 9.60. The Balaban J connectivity index is 1.74. The summed E-state index contributed by atoms with van der Waals surface area (Å²) < 4.78 is 6.78. The summed E-state index contributed by atoms with van der Waals surface area (Å²) in [6.07, 6.45) is 4.97. The maximum Gasteiger partial charge on any atom is 0.337 e. The first-order chi connectivity index (χ1) is 19.3. The van der Waals surface area contributed by atoms with Crippen molar-refractivity contribution in [2.75, 3.05) is 18.0 Å². The molecule has 0 aromatic heterocycles. The van der Waals surface area contributed by atoms with E-state index in [4.69, 9.17) is 51.1 Å². The van der Waals surface area contributed by atoms with E-state index in [0.29, 0.717) is 11.3 Å². The van der Waals surface area contributed by atoms with Gasteiger partial charge in [0.15, 0.2) is 0 Å². The second-order valence-corrected chi connectivity index (χ2v) is 12.0. The molecule has 0 atom stereocenters. The van der Waals surface area contributed by atoms with Crippen molar-refractivity contribution in [2.45, 2.75) is 32.1 Å². The molecule has 40 heavy (non-hydrogen) atoms. The first kappa shape index (κ1) is 26.0. The van der Waals surface area contributed by atoms with Gasteiger partial charge in [-0.3, -0.25) is 0 Å². The van der Waals surface area contributed by atoms with Crippen molar-refractivity contribution in [2.24, 2.45) is 0 Å². The van der Waals surface area contributed by atoms with Crippen LogP contribution >= 0.6 is 46.4 Å². The number of carbonyl (C=O) groups is 1. The molecular formula is C32H23Cl4NO3. The van der Waals surface area contributed by atoms with Gasteiger partial charge in [-0.15, -0.1) is 0 Å². The maximum absolute atomic E-state index is 12.8. The number of carboxylic acid groups (broad SMARTS) is 1. The molecule has 0 saturated carbocycles. The van der Waals surface area contributed by atoms with Crippen molar-refractivity contribution < 1.29 is 14.6 Å². The quantitative estimate of drug-likeness (QED) is 0.162. The van der Waals surface area contributed by atoms with E-state index in [1.807, 2.05) is 30.3 Å². The van der Waals surface area contributed by atoms with Gasteiger partial charge in [0.05, 0.1) is 25.7 Å². The normalized spacial score (nSPS) is 15.7. The van der Waals surface area contributed by atoms with Crippen LogP contribution in [0.5, 0.6) is 11.5 Å². The minimum absolute atomic E-state index is 0.00999. The highest BCUT2D eigenvalue weighted by atomic mass is 35.5. The molecule has 3 aliphatic heterocycles. The highest BCUT2D eigenvalue weighted by molar-refractivity contribution is 6.53. The second-order valence-electron chi connectivity index (χ2n) is 10.5. The highest BCUT2D eigenvalue weighted by Crippen LogP contribution is 2.51. The van der Waals surface area contributed by atoms with E-state index in [1.54, 1.807) is 0 Å². The van der Waals surface area contributed by atoms with Gasteiger partial charge in [0.25, 0.3) is 0 Å². The van der Waals surface area contributed by atoms with Gasteiger partial charge in [-0.1, -0.05) is 77.2 Å². The third-order valence-electron chi connectivity index (χ3n) is 8.28. The van der Waals surface area contributed by atoms with E-state index in [0.717, 1.165) is 83.3 Å². The molecule has 3 heterocycles. The third kappa shape index (κ3) is 3.70. The summed E-state index contributed by atoms with van der Waals surface area (Å²) in [6, 6.07) is 11.9. The Bertz CT molecular complexity index is 1920. The molecule has 0 bridgehead atoms. The number of nitrogens with zero attached hydrogens (tertiary/aromatic N) is 1. The summed E-state index contributed by atoms with van der Waals surface area (Å²) in [4.78, 5) is 15.3. The minimum atomic E-state index is -1.25. The van der Waals surface area contributed by atoms with Gasteiger partial charge in [-0.05, 0) is 65.8 Å². The van der Waals surface area contributed by atoms with Crippen LogP contribution < -0.4 is 20.1 Å². The standard InChI is InChI=1S/C32H23Cl4NO3/c1-15-13-21-22(18-9-3-2-8-17(15)18)23(24-25(32(38)39)27(34)29(36)28(35)26(24)33)20-14-16-7-4-5-11-37-12-6-10-19(30(16)37)31(20)40-21/h2-3,8-9,13-14H,1,4-7,10-12H2,(H,38,39). The Labute approximate surface area is 251 Å². The Kier molecular flexibility index (Phi) is 6.25. The van der Waals surface area contributed by atoms with Crippen LogP contribution in [0.15, 0.2) is 36.4 Å². The smallest absolute Gasteiger partial charge is 0.337 e. The minimum Gasteiger partial charge on any atom is -0.478 e. The number of anilines is 1. The molecule has 202 valence electrons. The number of ether oxygens (including phenoxy) is 1. The number of carboxylic acids is 1. The van der Waals surface area contributed by atoms with Crippen LogP contribution in [0.3, 0.4) is 0 Å². The SMILES string of the molecule is C=c1cc2c(c3ccccc13)=C(c1c(Cl)c(Cl)c(Cl)c(Cl)c1C(=O)O)c1cc3c4c(c1O2)CCCN4CCCC3. The molecule has 4 aromatic carbocycles. The molecule has 4 nitrogen and oxygen atoms in total. The lowest BCUT2D eigenvalue weighted by molar-refractivity contribution is 0.0696. The monoisotopic (exact) mass is 609 g/mol. The van der Waals surface area contributed by atoms with E-state index in [1.165, 1.54) is 11.3 Å². The maximum atomic E-state index is 12.8. The highest BCUT2D eigenvalue weighted by Gasteiger charge is 2.35. The zero-order valence-electron chi connectivity index (χ0n) is 21.3. The number of aryl methyl sites for hydroxylation is 1. The largest absolute Gasteiger partial charge is 0.478 e. The van der Waals surface area contributed by atoms with Crippen molar-refractivity contribution in [1.82, 2.24) is 0 Å². The van der Waals surface area contributed by atoms with Gasteiger partial charge in [-0.2, -0.15) is 0 Å². The topological polar surface area (TPSA) is 49.8 Å². The first-order valence-corrected chi connectivity index (χ1v) is 14.8. The summed E-state index contributed by atoms with van der Waals surface area (Å²) in [7, 11) is 0. The average Bonchev–Trinajstić information content (AvgIpc) is 3.16. The van der Waals surface area contributed by atoms with E-state index in [-0.39, 0.29) is 31.2 Å². The molecule has 0 unspecified atom stereocenters. The van der Waals surface area contributed by atoms with Crippen molar-refractivity contribution in [3.8, 4) is 11.5 Å². The molecule has 8 heteroatoms. The number of rotatable bonds is 2. The third-order valence-corrected chi connectivity index (χ3v) is 10.1. The van der Waals surface area contributed by atoms with Crippen LogP contribution in [0.4, 0.5) is 5.69 Å². The zero-order chi connectivity index (χ0) is 27.9. The number of halogens is 4. The molecule has 0 radical (unpaired) electrons. The van der Waals surface area contributed by atoms with Crippen LogP contribution in [-0.2, 0) is 12.8 Å². The van der Waals surface area contributed by atoms with Crippen LogP contribution in [0, 0.1) is 0 Å². The van der Waals surface area contributed by atoms with Gasteiger partial charge >= 0.3 is 5.97 Å². The summed E-state index contributed by atoms with van der Waals surface area (Å²) in [6.45, 7) is 6.31. The first-order valence-electron chi connectivity index (χ1n) is 13.2. The van der Waals surface area contributed by atoms with E-state index in [9.17, 15) is 9.90 Å². The Morgan fingerprint density at radius 1 is 0.900 bits per heavy atom. The van der Waals surface area contributed by atoms with E-state index < -0.39 is 5.97 Å². The van der Waals surface area contributed by atoms with Crippen molar-refractivity contribution in [1.29, 1.82) is 0 Å². The van der Waals surface area contributed by atoms with Gasteiger partial charge in [-0.25, -0.2) is 4.79 Å². The summed E-state index contributed by atoms with van der Waals surface area (Å²) in [5.41, 5.74) is 5.06. The Morgan fingerprint density at radius 3 is 2.40 bits per heavy atom. The summed E-state index contributed by atoms with van der Waals surface area (Å²) >= 11 is 26.5. The lowest BCUT2D eigenvalue weighted by Crippen LogP contribution is -2.31. The van der Waals surface area contributed by atoms with Gasteiger partial charge in [0, 0.05) is 46.3 Å². The molecule has 3 aliphatic rings. The molecule has 0 fully saturated rings. The van der Waals surface area contributed by atoms with Crippen molar-refractivity contribution in [3.05, 3.63) is 94.7 Å². The molecule has 0 spiro atoms. The molecule has 0 amide bonds. The van der Waals surface area contributed by atoms with Gasteiger partial charge in [0.2, 0.25) is 0 Å².